The summed E-state index contributed by atoms with van der Waals surface area (Å²) < 4.78 is 0. The van der Waals surface area contributed by atoms with Crippen molar-refractivity contribution in [2.75, 3.05) is 24.0 Å². The molecule has 1 heterocycles. The molecule has 4 rings (SSSR count). The second-order valence-electron chi connectivity index (χ2n) is 7.24. The molecule has 1 unspecified atom stereocenters. The highest BCUT2D eigenvalue weighted by atomic mass is 16.6. The Hall–Kier alpha value is -3.67. The van der Waals surface area contributed by atoms with Gasteiger partial charge >= 0.3 is 0 Å². The molecule has 0 saturated heterocycles. The molecule has 146 valence electrons. The van der Waals surface area contributed by atoms with E-state index in [-0.39, 0.29) is 16.7 Å². The van der Waals surface area contributed by atoms with Gasteiger partial charge in [0.05, 0.1) is 22.4 Å². The van der Waals surface area contributed by atoms with Gasteiger partial charge in [-0.15, -0.1) is 0 Å². The predicted octanol–water partition coefficient (Wildman–Crippen LogP) is 5.02. The van der Waals surface area contributed by atoms with Crippen LogP contribution in [-0.2, 0) is 0 Å². The molecule has 0 spiro atoms. The summed E-state index contributed by atoms with van der Waals surface area (Å²) in [5.41, 5.74) is 5.30. The molecule has 3 aromatic carbocycles. The monoisotopic (exact) mass is 386 g/mol. The highest BCUT2D eigenvalue weighted by molar-refractivity contribution is 6.03. The fraction of sp³-hybridized carbons (Fsp3) is 0.174. The molecule has 0 aromatic heterocycles. The molecule has 6 heteroatoms. The molecule has 6 nitrogen and oxygen atoms in total. The van der Waals surface area contributed by atoms with E-state index in [0.717, 1.165) is 34.6 Å². The van der Waals surface area contributed by atoms with E-state index in [4.69, 9.17) is 5.10 Å². The summed E-state index contributed by atoms with van der Waals surface area (Å²) >= 11 is 0. The van der Waals surface area contributed by atoms with Crippen molar-refractivity contribution in [2.45, 2.75) is 12.5 Å². The highest BCUT2D eigenvalue weighted by Gasteiger charge is 2.30. The second-order valence-corrected chi connectivity index (χ2v) is 7.24. The van der Waals surface area contributed by atoms with Crippen molar-refractivity contribution in [3.8, 4) is 0 Å². The van der Waals surface area contributed by atoms with Crippen molar-refractivity contribution >= 4 is 22.8 Å². The van der Waals surface area contributed by atoms with Gasteiger partial charge < -0.3 is 4.90 Å². The van der Waals surface area contributed by atoms with Crippen LogP contribution in [-0.4, -0.2) is 24.7 Å². The van der Waals surface area contributed by atoms with E-state index >= 15 is 0 Å². The number of nitrogens with zero attached hydrogens (tertiary/aromatic N) is 4. The third-order valence-corrected chi connectivity index (χ3v) is 5.14. The Morgan fingerprint density at radius 2 is 1.62 bits per heavy atom. The first-order chi connectivity index (χ1) is 14.0. The van der Waals surface area contributed by atoms with Gasteiger partial charge in [0.15, 0.2) is 0 Å². The van der Waals surface area contributed by atoms with Gasteiger partial charge in [-0.3, -0.25) is 15.1 Å². The average molecular weight is 386 g/mol. The summed E-state index contributed by atoms with van der Waals surface area (Å²) in [6, 6.07) is 25.2. The molecule has 0 N–H and O–H groups in total. The van der Waals surface area contributed by atoms with E-state index in [2.05, 4.69) is 41.3 Å². The van der Waals surface area contributed by atoms with Crippen LogP contribution in [0.2, 0.25) is 0 Å². The summed E-state index contributed by atoms with van der Waals surface area (Å²) in [7, 11) is 4.04. The van der Waals surface area contributed by atoms with Gasteiger partial charge in [-0.1, -0.05) is 42.5 Å². The Morgan fingerprint density at radius 1 is 0.966 bits per heavy atom. The van der Waals surface area contributed by atoms with Gasteiger partial charge in [0.2, 0.25) is 0 Å². The predicted molar refractivity (Wildman–Crippen MR) is 117 cm³/mol. The van der Waals surface area contributed by atoms with Crippen LogP contribution in [0.4, 0.5) is 17.1 Å². The summed E-state index contributed by atoms with van der Waals surface area (Å²) in [4.78, 5) is 12.7. The number of hydrazone groups is 1. The van der Waals surface area contributed by atoms with Crippen LogP contribution in [0.5, 0.6) is 0 Å². The summed E-state index contributed by atoms with van der Waals surface area (Å²) in [5, 5.41) is 17.9. The highest BCUT2D eigenvalue weighted by Crippen LogP contribution is 2.37. The smallest absolute Gasteiger partial charge is 0.269 e. The third kappa shape index (κ3) is 3.82. The SMILES string of the molecule is CN(C)c1ccc(C2=NN(c3ccc([N+](=O)[O-])cc3)C(c3ccccc3)C2)cc1. The lowest BCUT2D eigenvalue weighted by Gasteiger charge is -2.23. The van der Waals surface area contributed by atoms with Crippen LogP contribution in [0, 0.1) is 10.1 Å². The number of rotatable bonds is 5. The van der Waals surface area contributed by atoms with E-state index in [1.165, 1.54) is 12.1 Å². The molecule has 0 amide bonds. The van der Waals surface area contributed by atoms with E-state index < -0.39 is 0 Å². The number of hydrogen-bond donors (Lipinski definition) is 0. The Labute approximate surface area is 169 Å². The Bertz CT molecular complexity index is 1030. The number of anilines is 2. The van der Waals surface area contributed by atoms with Crippen molar-refractivity contribution in [3.05, 3.63) is 100 Å². The Morgan fingerprint density at radius 3 is 2.21 bits per heavy atom. The maximum atomic E-state index is 11.0. The fourth-order valence-electron chi connectivity index (χ4n) is 3.54. The fourth-order valence-corrected chi connectivity index (χ4v) is 3.54. The zero-order valence-electron chi connectivity index (χ0n) is 16.4. The van der Waals surface area contributed by atoms with Gasteiger partial charge in [0, 0.05) is 38.3 Å². The third-order valence-electron chi connectivity index (χ3n) is 5.14. The van der Waals surface area contributed by atoms with Crippen molar-refractivity contribution in [1.82, 2.24) is 0 Å². The molecule has 1 aliphatic rings. The molecule has 0 radical (unpaired) electrons. The molecule has 0 saturated carbocycles. The summed E-state index contributed by atoms with van der Waals surface area (Å²) in [5.74, 6) is 0. The zero-order chi connectivity index (χ0) is 20.4. The first-order valence-corrected chi connectivity index (χ1v) is 9.47. The number of nitro benzene ring substituents is 1. The van der Waals surface area contributed by atoms with Crippen LogP contribution in [0.15, 0.2) is 84.0 Å². The minimum absolute atomic E-state index is 0.0428. The molecule has 0 fully saturated rings. The second kappa shape index (κ2) is 7.75. The molecular weight excluding hydrogens is 364 g/mol. The number of hydrogen-bond acceptors (Lipinski definition) is 5. The van der Waals surface area contributed by atoms with E-state index in [9.17, 15) is 10.1 Å². The number of benzene rings is 3. The van der Waals surface area contributed by atoms with Gasteiger partial charge in [0.25, 0.3) is 5.69 Å². The first kappa shape index (κ1) is 18.7. The molecule has 1 aliphatic heterocycles. The van der Waals surface area contributed by atoms with Gasteiger partial charge in [-0.25, -0.2) is 0 Å². The molecule has 0 bridgehead atoms. The maximum Gasteiger partial charge on any atom is 0.269 e. The largest absolute Gasteiger partial charge is 0.378 e. The van der Waals surface area contributed by atoms with Crippen LogP contribution in [0.3, 0.4) is 0 Å². The molecular formula is C23H22N4O2. The van der Waals surface area contributed by atoms with Gasteiger partial charge in [0.1, 0.15) is 0 Å². The lowest BCUT2D eigenvalue weighted by atomic mass is 9.98. The van der Waals surface area contributed by atoms with E-state index in [0.29, 0.717) is 0 Å². The van der Waals surface area contributed by atoms with Crippen LogP contribution < -0.4 is 9.91 Å². The van der Waals surface area contributed by atoms with Crippen LogP contribution in [0.25, 0.3) is 0 Å². The lowest BCUT2D eigenvalue weighted by molar-refractivity contribution is -0.384. The van der Waals surface area contributed by atoms with E-state index in [1.807, 2.05) is 37.3 Å². The maximum absolute atomic E-state index is 11.0. The Kier molecular flexibility index (Phi) is 4.99. The first-order valence-electron chi connectivity index (χ1n) is 9.47. The normalized spacial score (nSPS) is 15.9. The van der Waals surface area contributed by atoms with Crippen molar-refractivity contribution < 1.29 is 4.92 Å². The number of non-ortho nitro benzene ring substituents is 1. The van der Waals surface area contributed by atoms with Crippen molar-refractivity contribution in [1.29, 1.82) is 0 Å². The standard InChI is InChI=1S/C23H22N4O2/c1-25(2)19-10-8-17(9-11-19)22-16-23(18-6-4-3-5-7-18)26(24-22)20-12-14-21(15-13-20)27(28)29/h3-15,23H,16H2,1-2H3. The lowest BCUT2D eigenvalue weighted by Crippen LogP contribution is -2.18. The molecule has 0 aliphatic carbocycles. The van der Waals surface area contributed by atoms with Crippen LogP contribution >= 0.6 is 0 Å². The van der Waals surface area contributed by atoms with Crippen molar-refractivity contribution in [2.24, 2.45) is 5.10 Å². The summed E-state index contributed by atoms with van der Waals surface area (Å²) in [6.45, 7) is 0. The molecule has 29 heavy (non-hydrogen) atoms. The minimum atomic E-state index is -0.385. The minimum Gasteiger partial charge on any atom is -0.378 e. The van der Waals surface area contributed by atoms with E-state index in [1.54, 1.807) is 12.1 Å². The topological polar surface area (TPSA) is 62.0 Å². The van der Waals surface area contributed by atoms with Crippen LogP contribution in [0.1, 0.15) is 23.6 Å². The number of nitro groups is 1. The quantitative estimate of drug-likeness (QED) is 0.456. The molecule has 3 aromatic rings. The Balaban J connectivity index is 1.70. The van der Waals surface area contributed by atoms with Crippen molar-refractivity contribution in [3.63, 3.8) is 0 Å². The van der Waals surface area contributed by atoms with Gasteiger partial charge in [-0.05, 0) is 35.4 Å². The molecule has 1 atom stereocenters. The summed E-state index contributed by atoms with van der Waals surface area (Å²) in [6.07, 6.45) is 0.766. The van der Waals surface area contributed by atoms with Gasteiger partial charge in [-0.2, -0.15) is 5.10 Å². The zero-order valence-corrected chi connectivity index (χ0v) is 16.4. The average Bonchev–Trinajstić information content (AvgIpc) is 3.20.